The van der Waals surface area contributed by atoms with E-state index in [2.05, 4.69) is 4.98 Å². The van der Waals surface area contributed by atoms with Crippen molar-refractivity contribution in [3.8, 4) is 0 Å². The van der Waals surface area contributed by atoms with Gasteiger partial charge in [0.25, 0.3) is 0 Å². The Morgan fingerprint density at radius 1 is 1.57 bits per heavy atom. The fourth-order valence-electron chi connectivity index (χ4n) is 1.16. The number of fused-ring (bicyclic) bond motifs is 1. The third kappa shape index (κ3) is 1.74. The van der Waals surface area contributed by atoms with Gasteiger partial charge in [-0.25, -0.2) is 4.98 Å². The molecule has 0 saturated carbocycles. The highest BCUT2D eigenvalue weighted by atomic mass is 35.5. The van der Waals surface area contributed by atoms with Crippen molar-refractivity contribution >= 4 is 33.2 Å². The molecule has 0 radical (unpaired) electrons. The van der Waals surface area contributed by atoms with Gasteiger partial charge in [0.2, 0.25) is 0 Å². The SMILES string of the molecule is NCC(O)c1nc2ccc(Cl)cc2s1. The number of aliphatic hydroxyl groups is 1. The molecule has 14 heavy (non-hydrogen) atoms. The quantitative estimate of drug-likeness (QED) is 0.826. The Morgan fingerprint density at radius 2 is 2.36 bits per heavy atom. The molecule has 2 aromatic rings. The molecule has 1 aromatic heterocycles. The average Bonchev–Trinajstić information content (AvgIpc) is 2.59. The minimum atomic E-state index is -0.675. The number of hydrogen-bond acceptors (Lipinski definition) is 4. The van der Waals surface area contributed by atoms with Crippen LogP contribution in [0.1, 0.15) is 11.1 Å². The highest BCUT2D eigenvalue weighted by molar-refractivity contribution is 7.18. The lowest BCUT2D eigenvalue weighted by molar-refractivity contribution is 0.186. The molecule has 0 bridgehead atoms. The summed E-state index contributed by atoms with van der Waals surface area (Å²) in [5.41, 5.74) is 6.20. The van der Waals surface area contributed by atoms with E-state index in [9.17, 15) is 5.11 Å². The summed E-state index contributed by atoms with van der Waals surface area (Å²) in [6, 6.07) is 5.45. The highest BCUT2D eigenvalue weighted by Gasteiger charge is 2.11. The number of rotatable bonds is 2. The number of aliphatic hydroxyl groups excluding tert-OH is 1. The topological polar surface area (TPSA) is 59.1 Å². The van der Waals surface area contributed by atoms with Gasteiger partial charge in [0.15, 0.2) is 0 Å². The summed E-state index contributed by atoms with van der Waals surface area (Å²) in [5.74, 6) is 0. The molecule has 3 nitrogen and oxygen atoms in total. The number of aromatic nitrogens is 1. The van der Waals surface area contributed by atoms with Crippen molar-refractivity contribution in [3.63, 3.8) is 0 Å². The minimum Gasteiger partial charge on any atom is -0.385 e. The number of nitrogens with zero attached hydrogens (tertiary/aromatic N) is 1. The zero-order valence-corrected chi connectivity index (χ0v) is 8.85. The summed E-state index contributed by atoms with van der Waals surface area (Å²) < 4.78 is 0.972. The molecular formula is C9H9ClN2OS. The highest BCUT2D eigenvalue weighted by Crippen LogP contribution is 2.28. The molecule has 3 N–H and O–H groups in total. The van der Waals surface area contributed by atoms with E-state index in [1.165, 1.54) is 11.3 Å². The Morgan fingerprint density at radius 3 is 3.07 bits per heavy atom. The summed E-state index contributed by atoms with van der Waals surface area (Å²) in [6.45, 7) is 0.188. The van der Waals surface area contributed by atoms with E-state index in [0.29, 0.717) is 10.0 Å². The van der Waals surface area contributed by atoms with Gasteiger partial charge in [-0.05, 0) is 18.2 Å². The van der Waals surface area contributed by atoms with Crippen LogP contribution in [0.5, 0.6) is 0 Å². The second-order valence-corrected chi connectivity index (χ2v) is 4.41. The first kappa shape index (κ1) is 9.86. The lowest BCUT2D eigenvalue weighted by Crippen LogP contribution is -2.10. The van der Waals surface area contributed by atoms with Gasteiger partial charge in [0.05, 0.1) is 10.2 Å². The molecule has 0 saturated heterocycles. The second kappa shape index (κ2) is 3.82. The van der Waals surface area contributed by atoms with Crippen molar-refractivity contribution < 1.29 is 5.11 Å². The van der Waals surface area contributed by atoms with E-state index in [4.69, 9.17) is 17.3 Å². The Balaban J connectivity index is 2.51. The third-order valence-corrected chi connectivity index (χ3v) is 3.23. The molecule has 0 aliphatic rings. The van der Waals surface area contributed by atoms with E-state index < -0.39 is 6.10 Å². The zero-order chi connectivity index (χ0) is 10.1. The fourth-order valence-corrected chi connectivity index (χ4v) is 2.40. The first-order chi connectivity index (χ1) is 6.70. The maximum absolute atomic E-state index is 9.49. The lowest BCUT2D eigenvalue weighted by atomic mass is 10.3. The molecule has 1 atom stereocenters. The zero-order valence-electron chi connectivity index (χ0n) is 7.27. The van der Waals surface area contributed by atoms with Crippen molar-refractivity contribution in [2.24, 2.45) is 5.73 Å². The molecule has 0 aliphatic heterocycles. The van der Waals surface area contributed by atoms with Crippen molar-refractivity contribution in [1.29, 1.82) is 0 Å². The third-order valence-electron chi connectivity index (χ3n) is 1.88. The predicted octanol–water partition coefficient (Wildman–Crippen LogP) is 1.94. The van der Waals surface area contributed by atoms with E-state index in [0.717, 1.165) is 10.2 Å². The maximum atomic E-state index is 9.49. The van der Waals surface area contributed by atoms with Crippen molar-refractivity contribution in [2.45, 2.75) is 6.10 Å². The number of thiazole rings is 1. The Bertz CT molecular complexity index is 457. The van der Waals surface area contributed by atoms with Crippen LogP contribution in [0.2, 0.25) is 5.02 Å². The van der Waals surface area contributed by atoms with Crippen LogP contribution in [-0.2, 0) is 0 Å². The molecule has 1 heterocycles. The largest absolute Gasteiger partial charge is 0.385 e. The van der Waals surface area contributed by atoms with Crippen molar-refractivity contribution in [1.82, 2.24) is 4.98 Å². The first-order valence-corrected chi connectivity index (χ1v) is 5.34. The number of benzene rings is 1. The van der Waals surface area contributed by atoms with Gasteiger partial charge in [0.1, 0.15) is 11.1 Å². The Kier molecular flexibility index (Phi) is 2.69. The molecule has 74 valence electrons. The summed E-state index contributed by atoms with van der Waals surface area (Å²) in [7, 11) is 0. The molecule has 0 fully saturated rings. The first-order valence-electron chi connectivity index (χ1n) is 4.15. The minimum absolute atomic E-state index is 0.188. The predicted molar refractivity (Wildman–Crippen MR) is 58.6 cm³/mol. The molecule has 0 aliphatic carbocycles. The van der Waals surface area contributed by atoms with Crippen LogP contribution < -0.4 is 5.73 Å². The smallest absolute Gasteiger partial charge is 0.124 e. The summed E-state index contributed by atoms with van der Waals surface area (Å²) in [6.07, 6.45) is -0.675. The van der Waals surface area contributed by atoms with Crippen LogP contribution in [0.3, 0.4) is 0 Å². The van der Waals surface area contributed by atoms with E-state index in [1.54, 1.807) is 6.07 Å². The normalized spacial score (nSPS) is 13.4. The summed E-state index contributed by atoms with van der Waals surface area (Å²) >= 11 is 7.25. The van der Waals surface area contributed by atoms with Gasteiger partial charge in [0, 0.05) is 11.6 Å². The second-order valence-electron chi connectivity index (χ2n) is 2.92. The van der Waals surface area contributed by atoms with Crippen molar-refractivity contribution in [2.75, 3.05) is 6.54 Å². The van der Waals surface area contributed by atoms with Gasteiger partial charge in [-0.15, -0.1) is 11.3 Å². The molecule has 1 unspecified atom stereocenters. The standard InChI is InChI=1S/C9H9ClN2OS/c10-5-1-2-6-8(3-5)14-9(12-6)7(13)4-11/h1-3,7,13H,4,11H2. The van der Waals surface area contributed by atoms with E-state index in [-0.39, 0.29) is 6.54 Å². The van der Waals surface area contributed by atoms with Crippen LogP contribution in [0, 0.1) is 0 Å². The maximum Gasteiger partial charge on any atom is 0.124 e. The fraction of sp³-hybridized carbons (Fsp3) is 0.222. The number of halogens is 1. The van der Waals surface area contributed by atoms with Crippen LogP contribution in [0.15, 0.2) is 18.2 Å². The monoisotopic (exact) mass is 228 g/mol. The number of nitrogens with two attached hydrogens (primary N) is 1. The molecule has 0 spiro atoms. The molecule has 2 rings (SSSR count). The van der Waals surface area contributed by atoms with Gasteiger partial charge in [-0.3, -0.25) is 0 Å². The average molecular weight is 229 g/mol. The van der Waals surface area contributed by atoms with Gasteiger partial charge in [-0.1, -0.05) is 11.6 Å². The molecule has 1 aromatic carbocycles. The lowest BCUT2D eigenvalue weighted by Gasteiger charge is -2.00. The van der Waals surface area contributed by atoms with Crippen LogP contribution in [-0.4, -0.2) is 16.6 Å². The van der Waals surface area contributed by atoms with Gasteiger partial charge < -0.3 is 10.8 Å². The van der Waals surface area contributed by atoms with Crippen LogP contribution >= 0.6 is 22.9 Å². The number of hydrogen-bond donors (Lipinski definition) is 2. The van der Waals surface area contributed by atoms with Crippen molar-refractivity contribution in [3.05, 3.63) is 28.2 Å². The van der Waals surface area contributed by atoms with Gasteiger partial charge >= 0.3 is 0 Å². The Hall–Kier alpha value is -0.680. The van der Waals surface area contributed by atoms with E-state index >= 15 is 0 Å². The van der Waals surface area contributed by atoms with Crippen LogP contribution in [0.25, 0.3) is 10.2 Å². The Labute approximate surface area is 90.1 Å². The molecular weight excluding hydrogens is 220 g/mol. The van der Waals surface area contributed by atoms with E-state index in [1.807, 2.05) is 12.1 Å². The summed E-state index contributed by atoms with van der Waals surface area (Å²) in [4.78, 5) is 4.25. The molecule has 0 amide bonds. The summed E-state index contributed by atoms with van der Waals surface area (Å²) in [5, 5.41) is 10.8. The molecule has 5 heteroatoms. The van der Waals surface area contributed by atoms with Crippen LogP contribution in [0.4, 0.5) is 0 Å². The van der Waals surface area contributed by atoms with Gasteiger partial charge in [-0.2, -0.15) is 0 Å².